The maximum Gasteiger partial charge on any atom is 0.247 e. The Kier molecular flexibility index (Phi) is 4.99. The highest BCUT2D eigenvalue weighted by Crippen LogP contribution is 2.40. The molecule has 138 valence electrons. The fourth-order valence-corrected chi connectivity index (χ4v) is 5.57. The number of fused-ring (bicyclic) bond motifs is 1. The first-order valence-electron chi connectivity index (χ1n) is 8.33. The van der Waals surface area contributed by atoms with Gasteiger partial charge in [-0.2, -0.15) is 4.31 Å². The van der Waals surface area contributed by atoms with Crippen LogP contribution in [0.15, 0.2) is 82.2 Å². The molecule has 0 saturated carbocycles. The molecule has 0 amide bonds. The molecule has 27 heavy (non-hydrogen) atoms. The second-order valence-electron chi connectivity index (χ2n) is 6.24. The summed E-state index contributed by atoms with van der Waals surface area (Å²) in [5.74, 6) is 0. The van der Waals surface area contributed by atoms with Crippen molar-refractivity contribution in [2.75, 3.05) is 5.32 Å². The van der Waals surface area contributed by atoms with Crippen molar-refractivity contribution in [3.8, 4) is 0 Å². The summed E-state index contributed by atoms with van der Waals surface area (Å²) in [6.07, 6.45) is -0.599. The first-order valence-corrected chi connectivity index (χ1v) is 10.9. The molecule has 0 aromatic heterocycles. The lowest BCUT2D eigenvalue weighted by atomic mass is 10.1. The Balaban J connectivity index is 1.86. The van der Waals surface area contributed by atoms with E-state index < -0.39 is 16.2 Å². The summed E-state index contributed by atoms with van der Waals surface area (Å²) in [7, 11) is -3.71. The zero-order valence-electron chi connectivity index (χ0n) is 14.1. The number of para-hydroxylation sites is 1. The van der Waals surface area contributed by atoms with Crippen LogP contribution < -0.4 is 5.32 Å². The van der Waals surface area contributed by atoms with E-state index in [1.807, 2.05) is 48.5 Å². The smallest absolute Gasteiger partial charge is 0.247 e. The predicted molar refractivity (Wildman–Crippen MR) is 111 cm³/mol. The SMILES string of the molecule is O=S1(=O)c2ccccc2NC(c2ccccc2Cl)N1Cc1cccc(Br)c1. The van der Waals surface area contributed by atoms with Gasteiger partial charge in [-0.1, -0.05) is 70.0 Å². The number of benzene rings is 3. The largest absolute Gasteiger partial charge is 0.364 e. The molecule has 4 nitrogen and oxygen atoms in total. The number of halogens is 2. The van der Waals surface area contributed by atoms with Gasteiger partial charge in [0.25, 0.3) is 0 Å². The van der Waals surface area contributed by atoms with Gasteiger partial charge in [-0.25, -0.2) is 8.42 Å². The number of hydrogen-bond donors (Lipinski definition) is 1. The number of anilines is 1. The lowest BCUT2D eigenvalue weighted by Gasteiger charge is -2.37. The Labute approximate surface area is 172 Å². The van der Waals surface area contributed by atoms with E-state index in [1.165, 1.54) is 4.31 Å². The number of rotatable bonds is 3. The van der Waals surface area contributed by atoms with E-state index in [2.05, 4.69) is 21.2 Å². The van der Waals surface area contributed by atoms with Crippen LogP contribution in [0.2, 0.25) is 5.02 Å². The molecule has 1 aliphatic heterocycles. The summed E-state index contributed by atoms with van der Waals surface area (Å²) in [6, 6.07) is 21.9. The van der Waals surface area contributed by atoms with Crippen molar-refractivity contribution in [3.63, 3.8) is 0 Å². The maximum atomic E-state index is 13.4. The first-order chi connectivity index (χ1) is 13.0. The number of nitrogens with zero attached hydrogens (tertiary/aromatic N) is 1. The third-order valence-corrected chi connectivity index (χ3v) is 7.19. The van der Waals surface area contributed by atoms with Gasteiger partial charge in [-0.15, -0.1) is 0 Å². The van der Waals surface area contributed by atoms with Crippen molar-refractivity contribution < 1.29 is 8.42 Å². The molecule has 1 N–H and O–H groups in total. The minimum Gasteiger partial charge on any atom is -0.364 e. The van der Waals surface area contributed by atoms with Crippen LogP contribution in [0.25, 0.3) is 0 Å². The predicted octanol–water partition coefficient (Wildman–Crippen LogP) is 5.42. The Hall–Kier alpha value is -1.86. The molecule has 1 atom stereocenters. The minimum absolute atomic E-state index is 0.221. The molecule has 0 bridgehead atoms. The van der Waals surface area contributed by atoms with E-state index in [1.54, 1.807) is 24.3 Å². The highest BCUT2D eigenvalue weighted by atomic mass is 79.9. The zero-order chi connectivity index (χ0) is 19.0. The molecule has 0 fully saturated rings. The standard InChI is InChI=1S/C20H16BrClN2O2S/c21-15-7-5-6-14(12-15)13-24-20(16-8-1-2-9-17(16)22)23-18-10-3-4-11-19(18)27(24,25)26/h1-12,20,23H,13H2. The normalized spacial score (nSPS) is 18.5. The molecule has 0 aliphatic carbocycles. The highest BCUT2D eigenvalue weighted by molar-refractivity contribution is 9.10. The van der Waals surface area contributed by atoms with Gasteiger partial charge in [0.1, 0.15) is 11.1 Å². The third kappa shape index (κ3) is 3.50. The van der Waals surface area contributed by atoms with Crippen LogP contribution in [0, 0.1) is 0 Å². The van der Waals surface area contributed by atoms with Gasteiger partial charge in [0.05, 0.1) is 5.69 Å². The molecular weight excluding hydrogens is 448 g/mol. The second kappa shape index (κ2) is 7.28. The van der Waals surface area contributed by atoms with Gasteiger partial charge < -0.3 is 5.32 Å². The van der Waals surface area contributed by atoms with Gasteiger partial charge in [-0.05, 0) is 35.9 Å². The number of nitrogens with one attached hydrogen (secondary N) is 1. The van der Waals surface area contributed by atoms with Crippen molar-refractivity contribution >= 4 is 43.2 Å². The molecule has 7 heteroatoms. The number of hydrogen-bond acceptors (Lipinski definition) is 3. The molecular formula is C20H16BrClN2O2S. The maximum absolute atomic E-state index is 13.4. The van der Waals surface area contributed by atoms with Gasteiger partial charge in [-0.3, -0.25) is 0 Å². The van der Waals surface area contributed by atoms with Crippen molar-refractivity contribution in [1.82, 2.24) is 4.31 Å². The van der Waals surface area contributed by atoms with E-state index in [-0.39, 0.29) is 11.4 Å². The molecule has 0 saturated heterocycles. The molecule has 1 aliphatic rings. The first kappa shape index (κ1) is 18.5. The van der Waals surface area contributed by atoms with Crippen LogP contribution >= 0.6 is 27.5 Å². The number of sulfonamides is 1. The van der Waals surface area contributed by atoms with E-state index >= 15 is 0 Å². The fraction of sp³-hybridized carbons (Fsp3) is 0.100. The van der Waals surface area contributed by atoms with Crippen LogP contribution in [-0.2, 0) is 16.6 Å². The molecule has 1 heterocycles. The Morgan fingerprint density at radius 1 is 1.00 bits per heavy atom. The molecule has 3 aromatic carbocycles. The fourth-order valence-electron chi connectivity index (χ4n) is 3.22. The third-order valence-electron chi connectivity index (χ3n) is 4.48. The lowest BCUT2D eigenvalue weighted by molar-refractivity contribution is 0.336. The van der Waals surface area contributed by atoms with Crippen LogP contribution in [0.4, 0.5) is 5.69 Å². The summed E-state index contributed by atoms with van der Waals surface area (Å²) in [5.41, 5.74) is 2.17. The molecule has 3 aromatic rings. The molecule has 0 radical (unpaired) electrons. The van der Waals surface area contributed by atoms with Crippen LogP contribution in [-0.4, -0.2) is 12.7 Å². The molecule has 4 rings (SSSR count). The summed E-state index contributed by atoms with van der Waals surface area (Å²) < 4.78 is 29.2. The monoisotopic (exact) mass is 462 g/mol. The minimum atomic E-state index is -3.71. The van der Waals surface area contributed by atoms with E-state index in [0.717, 1.165) is 10.0 Å². The quantitative estimate of drug-likeness (QED) is 0.564. The summed E-state index contributed by atoms with van der Waals surface area (Å²) >= 11 is 9.85. The second-order valence-corrected chi connectivity index (χ2v) is 9.43. The topological polar surface area (TPSA) is 49.4 Å². The van der Waals surface area contributed by atoms with Crippen LogP contribution in [0.1, 0.15) is 17.3 Å². The lowest BCUT2D eigenvalue weighted by Crippen LogP contribution is -2.42. The molecule has 1 unspecified atom stereocenters. The average Bonchev–Trinajstić information content (AvgIpc) is 2.65. The van der Waals surface area contributed by atoms with Gasteiger partial charge >= 0.3 is 0 Å². The van der Waals surface area contributed by atoms with Crippen molar-refractivity contribution in [3.05, 3.63) is 93.4 Å². The Morgan fingerprint density at radius 3 is 2.52 bits per heavy atom. The van der Waals surface area contributed by atoms with Gasteiger partial charge in [0.2, 0.25) is 10.0 Å². The van der Waals surface area contributed by atoms with Crippen LogP contribution in [0.3, 0.4) is 0 Å². The zero-order valence-corrected chi connectivity index (χ0v) is 17.3. The summed E-state index contributed by atoms with van der Waals surface area (Å²) in [5, 5.41) is 3.86. The average molecular weight is 464 g/mol. The highest BCUT2D eigenvalue weighted by Gasteiger charge is 2.39. The van der Waals surface area contributed by atoms with Crippen molar-refractivity contribution in [2.45, 2.75) is 17.6 Å². The van der Waals surface area contributed by atoms with Gasteiger partial charge in [0, 0.05) is 21.6 Å². The van der Waals surface area contributed by atoms with E-state index in [4.69, 9.17) is 11.6 Å². The molecule has 0 spiro atoms. The van der Waals surface area contributed by atoms with Crippen LogP contribution in [0.5, 0.6) is 0 Å². The summed E-state index contributed by atoms with van der Waals surface area (Å²) in [6.45, 7) is 0.221. The Bertz CT molecular complexity index is 1100. The Morgan fingerprint density at radius 2 is 1.74 bits per heavy atom. The summed E-state index contributed by atoms with van der Waals surface area (Å²) in [4.78, 5) is 0.267. The van der Waals surface area contributed by atoms with Crippen molar-refractivity contribution in [1.29, 1.82) is 0 Å². The van der Waals surface area contributed by atoms with Crippen molar-refractivity contribution in [2.24, 2.45) is 0 Å². The van der Waals surface area contributed by atoms with E-state index in [0.29, 0.717) is 16.3 Å². The van der Waals surface area contributed by atoms with E-state index in [9.17, 15) is 8.42 Å². The van der Waals surface area contributed by atoms with Gasteiger partial charge in [0.15, 0.2) is 0 Å².